The Hall–Kier alpha value is -0.520. The molecule has 1 fully saturated rings. The van der Waals surface area contributed by atoms with Gasteiger partial charge in [-0.1, -0.05) is 0 Å². The number of carbonyl (C=O) groups is 2. The number of aliphatic hydroxyl groups is 3. The van der Waals surface area contributed by atoms with E-state index in [1.807, 2.05) is 0 Å². The zero-order valence-electron chi connectivity index (χ0n) is 10.3. The van der Waals surface area contributed by atoms with Crippen LogP contribution in [-0.4, -0.2) is 76.1 Å². The van der Waals surface area contributed by atoms with Gasteiger partial charge >= 0.3 is 11.9 Å². The molecule has 5 atom stereocenters. The molecular formula is C10H16O8S2. The molecule has 1 saturated heterocycles. The average Bonchev–Trinajstić information content (AvgIpc) is 2.45. The van der Waals surface area contributed by atoms with Gasteiger partial charge in [-0.15, -0.1) is 0 Å². The number of rotatable bonds is 5. The summed E-state index contributed by atoms with van der Waals surface area (Å²) < 4.78 is 14.8. The van der Waals surface area contributed by atoms with Crippen LogP contribution in [0.3, 0.4) is 0 Å². The van der Waals surface area contributed by atoms with E-state index in [0.29, 0.717) is 0 Å². The molecule has 8 nitrogen and oxygen atoms in total. The predicted molar refractivity (Wildman–Crippen MR) is 71.4 cm³/mol. The molecule has 1 aliphatic rings. The maximum Gasteiger partial charge on any atom is 0.318 e. The second-order valence-electron chi connectivity index (χ2n) is 3.97. The number of hydrogen-bond donors (Lipinski definition) is 5. The van der Waals surface area contributed by atoms with Gasteiger partial charge in [0.1, 0.15) is 18.3 Å². The smallest absolute Gasteiger partial charge is 0.318 e. The second-order valence-corrected chi connectivity index (χ2v) is 4.60. The Morgan fingerprint density at radius 2 is 1.60 bits per heavy atom. The van der Waals surface area contributed by atoms with Crippen LogP contribution < -0.4 is 0 Å². The molecule has 116 valence electrons. The zero-order chi connectivity index (χ0) is 15.3. The zero-order valence-corrected chi connectivity index (χ0v) is 12.1. The summed E-state index contributed by atoms with van der Waals surface area (Å²) in [5.41, 5.74) is 0. The van der Waals surface area contributed by atoms with Crippen LogP contribution in [-0.2, 0) is 23.8 Å². The van der Waals surface area contributed by atoms with Crippen molar-refractivity contribution in [1.29, 1.82) is 0 Å². The number of carbonyl (C=O) groups excluding carboxylic acids is 2. The summed E-state index contributed by atoms with van der Waals surface area (Å²) in [7, 11) is 0. The fourth-order valence-corrected chi connectivity index (χ4v) is 1.78. The van der Waals surface area contributed by atoms with Gasteiger partial charge in [-0.2, -0.15) is 25.3 Å². The first-order chi connectivity index (χ1) is 9.44. The third-order valence-electron chi connectivity index (χ3n) is 2.60. The first-order valence-corrected chi connectivity index (χ1v) is 6.94. The number of hydrogen-bond acceptors (Lipinski definition) is 10. The van der Waals surface area contributed by atoms with Crippen LogP contribution in [0.15, 0.2) is 0 Å². The van der Waals surface area contributed by atoms with Gasteiger partial charge in [0.25, 0.3) is 0 Å². The lowest BCUT2D eigenvalue weighted by atomic mass is 9.99. The third kappa shape index (κ3) is 4.24. The molecule has 0 amide bonds. The normalized spacial score (nSPS) is 33.5. The topological polar surface area (TPSA) is 123 Å². The van der Waals surface area contributed by atoms with Crippen molar-refractivity contribution in [2.24, 2.45) is 0 Å². The summed E-state index contributed by atoms with van der Waals surface area (Å²) in [4.78, 5) is 22.5. The van der Waals surface area contributed by atoms with E-state index in [2.05, 4.69) is 25.3 Å². The molecule has 1 aliphatic heterocycles. The van der Waals surface area contributed by atoms with Gasteiger partial charge in [0, 0.05) is 0 Å². The molecule has 0 aromatic carbocycles. The third-order valence-corrected chi connectivity index (χ3v) is 3.11. The number of esters is 2. The van der Waals surface area contributed by atoms with Crippen LogP contribution in [0.4, 0.5) is 0 Å². The Kier molecular flexibility index (Phi) is 7.06. The first-order valence-electron chi connectivity index (χ1n) is 5.67. The quantitative estimate of drug-likeness (QED) is 0.283. The standard InChI is InChI=1S/C10H16O8S2/c11-1-4-7(14)8(15)9(17-5(12)2-19)10(16-4)18-6(13)3-20/h4,7-11,14-15,19-20H,1-3H2. The van der Waals surface area contributed by atoms with E-state index in [-0.39, 0.29) is 11.5 Å². The molecule has 0 saturated carbocycles. The molecule has 1 rings (SSSR count). The van der Waals surface area contributed by atoms with Gasteiger partial charge in [-0.05, 0) is 0 Å². The molecule has 5 unspecified atom stereocenters. The SMILES string of the molecule is O=C(CS)OC1OC(CO)C(O)C(O)C1OC(=O)CS. The monoisotopic (exact) mass is 328 g/mol. The highest BCUT2D eigenvalue weighted by molar-refractivity contribution is 7.81. The maximum atomic E-state index is 11.2. The van der Waals surface area contributed by atoms with E-state index >= 15 is 0 Å². The van der Waals surface area contributed by atoms with Crippen LogP contribution in [0.1, 0.15) is 0 Å². The van der Waals surface area contributed by atoms with E-state index in [9.17, 15) is 19.8 Å². The summed E-state index contributed by atoms with van der Waals surface area (Å²) in [5, 5.41) is 28.6. The van der Waals surface area contributed by atoms with Crippen LogP contribution in [0.2, 0.25) is 0 Å². The summed E-state index contributed by atoms with van der Waals surface area (Å²) in [6.45, 7) is -0.611. The molecule has 0 spiro atoms. The van der Waals surface area contributed by atoms with Crippen molar-refractivity contribution in [1.82, 2.24) is 0 Å². The molecule has 0 aliphatic carbocycles. The minimum atomic E-state index is -1.58. The Labute approximate surface area is 125 Å². The molecule has 10 heteroatoms. The van der Waals surface area contributed by atoms with Gasteiger partial charge in [-0.3, -0.25) is 9.59 Å². The van der Waals surface area contributed by atoms with E-state index in [4.69, 9.17) is 19.3 Å². The minimum Gasteiger partial charge on any atom is -0.452 e. The molecular weight excluding hydrogens is 312 g/mol. The van der Waals surface area contributed by atoms with Crippen LogP contribution in [0.5, 0.6) is 0 Å². The van der Waals surface area contributed by atoms with Gasteiger partial charge in [0.15, 0.2) is 6.10 Å². The Morgan fingerprint density at radius 3 is 2.10 bits per heavy atom. The molecule has 20 heavy (non-hydrogen) atoms. The maximum absolute atomic E-state index is 11.2. The average molecular weight is 328 g/mol. The number of thiol groups is 2. The molecule has 0 aromatic rings. The largest absolute Gasteiger partial charge is 0.452 e. The van der Waals surface area contributed by atoms with E-state index in [1.165, 1.54) is 0 Å². The van der Waals surface area contributed by atoms with E-state index < -0.39 is 49.3 Å². The van der Waals surface area contributed by atoms with Crippen molar-refractivity contribution in [2.45, 2.75) is 30.7 Å². The Balaban J connectivity index is 2.86. The second kappa shape index (κ2) is 8.05. The fourth-order valence-electron chi connectivity index (χ4n) is 1.63. The summed E-state index contributed by atoms with van der Waals surface area (Å²) in [6.07, 6.45) is -7.12. The van der Waals surface area contributed by atoms with E-state index in [1.54, 1.807) is 0 Å². The van der Waals surface area contributed by atoms with Crippen molar-refractivity contribution >= 4 is 37.2 Å². The summed E-state index contributed by atoms with van der Waals surface area (Å²) in [6, 6.07) is 0. The van der Waals surface area contributed by atoms with Crippen LogP contribution >= 0.6 is 25.3 Å². The lowest BCUT2D eigenvalue weighted by Gasteiger charge is -2.40. The van der Waals surface area contributed by atoms with Crippen molar-refractivity contribution in [3.05, 3.63) is 0 Å². The Morgan fingerprint density at radius 1 is 1.05 bits per heavy atom. The van der Waals surface area contributed by atoms with Gasteiger partial charge in [0.2, 0.25) is 6.29 Å². The van der Waals surface area contributed by atoms with Crippen molar-refractivity contribution in [2.75, 3.05) is 18.1 Å². The van der Waals surface area contributed by atoms with Crippen LogP contribution in [0.25, 0.3) is 0 Å². The fraction of sp³-hybridized carbons (Fsp3) is 0.800. The first kappa shape index (κ1) is 17.5. The highest BCUT2D eigenvalue weighted by atomic mass is 32.1. The minimum absolute atomic E-state index is 0.254. The highest BCUT2D eigenvalue weighted by Crippen LogP contribution is 2.24. The summed E-state index contributed by atoms with van der Waals surface area (Å²) >= 11 is 7.41. The molecule has 0 radical (unpaired) electrons. The van der Waals surface area contributed by atoms with Crippen molar-refractivity contribution < 1.29 is 39.1 Å². The van der Waals surface area contributed by atoms with Gasteiger partial charge < -0.3 is 29.5 Å². The molecule has 0 bridgehead atoms. The lowest BCUT2D eigenvalue weighted by Crippen LogP contribution is -2.60. The molecule has 0 aromatic heterocycles. The Bertz CT molecular complexity index is 352. The predicted octanol–water partition coefficient (Wildman–Crippen LogP) is -2.26. The van der Waals surface area contributed by atoms with E-state index in [0.717, 1.165) is 0 Å². The van der Waals surface area contributed by atoms with Crippen molar-refractivity contribution in [3.8, 4) is 0 Å². The van der Waals surface area contributed by atoms with Gasteiger partial charge in [0.05, 0.1) is 18.1 Å². The number of ether oxygens (including phenoxy) is 3. The highest BCUT2D eigenvalue weighted by Gasteiger charge is 2.48. The number of aliphatic hydroxyl groups excluding tert-OH is 3. The van der Waals surface area contributed by atoms with Crippen LogP contribution in [0, 0.1) is 0 Å². The summed E-state index contributed by atoms with van der Waals surface area (Å²) in [5.74, 6) is -2.08. The van der Waals surface area contributed by atoms with Gasteiger partial charge in [-0.25, -0.2) is 0 Å². The molecule has 1 heterocycles. The molecule has 3 N–H and O–H groups in total. The van der Waals surface area contributed by atoms with Crippen molar-refractivity contribution in [3.63, 3.8) is 0 Å². The lowest BCUT2D eigenvalue weighted by molar-refractivity contribution is -0.295.